The number of anilines is 3. The summed E-state index contributed by atoms with van der Waals surface area (Å²) in [4.78, 5) is 23.8. The normalized spacial score (nSPS) is 18.1. The summed E-state index contributed by atoms with van der Waals surface area (Å²) in [6, 6.07) is 8.20. The van der Waals surface area contributed by atoms with Crippen LogP contribution in [0.15, 0.2) is 53.1 Å². The van der Waals surface area contributed by atoms with Gasteiger partial charge in [0.05, 0.1) is 12.3 Å². The zero-order valence-corrected chi connectivity index (χ0v) is 16.2. The number of hydrogen-bond acceptors (Lipinski definition) is 5. The number of hydrogen-bond donors (Lipinski definition) is 3. The Morgan fingerprint density at radius 1 is 1.16 bits per heavy atom. The molecular weight excluding hydrogens is 415 g/mol. The number of carbonyl (C=O) groups is 2. The number of halogens is 3. The molecule has 2 amide bonds. The van der Waals surface area contributed by atoms with Crippen LogP contribution in [0.2, 0.25) is 0 Å². The molecule has 0 saturated heterocycles. The van der Waals surface area contributed by atoms with E-state index in [0.29, 0.717) is 17.1 Å². The summed E-state index contributed by atoms with van der Waals surface area (Å²) in [7, 11) is 0. The Balaban J connectivity index is 1.59. The first-order valence-corrected chi connectivity index (χ1v) is 9.36. The number of alkyl halides is 3. The molecule has 1 aromatic carbocycles. The van der Waals surface area contributed by atoms with Gasteiger partial charge in [0, 0.05) is 30.8 Å². The Morgan fingerprint density at radius 3 is 2.55 bits per heavy atom. The van der Waals surface area contributed by atoms with Crippen molar-refractivity contribution in [2.75, 3.05) is 16.0 Å². The summed E-state index contributed by atoms with van der Waals surface area (Å²) in [6.07, 6.45) is -3.50. The molecule has 1 aliphatic rings. The quantitative estimate of drug-likeness (QED) is 0.568. The van der Waals surface area contributed by atoms with E-state index in [9.17, 15) is 22.8 Å². The number of nitrogens with one attached hydrogen (secondary N) is 3. The second-order valence-corrected chi connectivity index (χ2v) is 7.08. The molecule has 8 nitrogen and oxygen atoms in total. The van der Waals surface area contributed by atoms with Crippen molar-refractivity contribution in [2.45, 2.75) is 31.6 Å². The second-order valence-electron chi connectivity index (χ2n) is 7.08. The van der Waals surface area contributed by atoms with E-state index in [1.165, 1.54) is 25.3 Å². The Hall–Kier alpha value is -3.76. The summed E-state index contributed by atoms with van der Waals surface area (Å²) >= 11 is 0. The minimum atomic E-state index is -4.56. The topological polar surface area (TPSA) is 101 Å². The molecule has 162 valence electrons. The van der Waals surface area contributed by atoms with Crippen LogP contribution in [-0.4, -0.2) is 27.8 Å². The summed E-state index contributed by atoms with van der Waals surface area (Å²) in [5, 5.41) is 12.0. The summed E-state index contributed by atoms with van der Waals surface area (Å²) in [5.41, 5.74) is 0.646. The molecule has 1 aliphatic heterocycles. The van der Waals surface area contributed by atoms with Gasteiger partial charge in [-0.2, -0.15) is 18.3 Å². The molecule has 3 heterocycles. The molecule has 0 radical (unpaired) electrons. The molecule has 4 rings (SSSR count). The molecule has 0 spiro atoms. The van der Waals surface area contributed by atoms with Crippen molar-refractivity contribution in [2.24, 2.45) is 0 Å². The molecule has 0 fully saturated rings. The molecule has 3 N–H and O–H groups in total. The first-order valence-electron chi connectivity index (χ1n) is 9.36. The molecule has 0 unspecified atom stereocenters. The third kappa shape index (κ3) is 4.39. The number of aromatic nitrogens is 2. The van der Waals surface area contributed by atoms with Crippen LogP contribution in [-0.2, 0) is 4.79 Å². The number of rotatable bonds is 4. The minimum Gasteiger partial charge on any atom is -0.467 e. The summed E-state index contributed by atoms with van der Waals surface area (Å²) in [6.45, 7) is 1.35. The molecule has 11 heteroatoms. The Bertz CT molecular complexity index is 1110. The Morgan fingerprint density at radius 2 is 1.90 bits per heavy atom. The molecule has 0 saturated carbocycles. The predicted molar refractivity (Wildman–Crippen MR) is 106 cm³/mol. The first-order chi connectivity index (χ1) is 14.7. The molecule has 3 aromatic rings. The van der Waals surface area contributed by atoms with Gasteiger partial charge in [0.2, 0.25) is 5.91 Å². The maximum atomic E-state index is 13.7. The van der Waals surface area contributed by atoms with Crippen LogP contribution in [0.4, 0.5) is 30.4 Å². The third-order valence-electron chi connectivity index (χ3n) is 4.75. The number of benzene rings is 1. The van der Waals surface area contributed by atoms with Gasteiger partial charge in [-0.1, -0.05) is 6.07 Å². The monoisotopic (exact) mass is 433 g/mol. The predicted octanol–water partition coefficient (Wildman–Crippen LogP) is 4.35. The van der Waals surface area contributed by atoms with E-state index in [-0.39, 0.29) is 23.8 Å². The lowest BCUT2D eigenvalue weighted by Gasteiger charge is -2.32. The lowest BCUT2D eigenvalue weighted by Crippen LogP contribution is -2.35. The van der Waals surface area contributed by atoms with Gasteiger partial charge in [0.1, 0.15) is 11.6 Å². The minimum absolute atomic E-state index is 0.0622. The molecule has 2 aromatic heterocycles. The van der Waals surface area contributed by atoms with E-state index >= 15 is 0 Å². The van der Waals surface area contributed by atoms with Gasteiger partial charge in [-0.15, -0.1) is 0 Å². The van der Waals surface area contributed by atoms with E-state index in [0.717, 1.165) is 4.68 Å². The van der Waals surface area contributed by atoms with Gasteiger partial charge in [-0.3, -0.25) is 9.59 Å². The maximum absolute atomic E-state index is 13.7. The van der Waals surface area contributed by atoms with Gasteiger partial charge in [-0.25, -0.2) is 4.68 Å². The molecule has 0 aliphatic carbocycles. The van der Waals surface area contributed by atoms with Gasteiger partial charge < -0.3 is 20.4 Å². The van der Waals surface area contributed by atoms with E-state index < -0.39 is 24.2 Å². The lowest BCUT2D eigenvalue weighted by molar-refractivity contribution is -0.174. The first kappa shape index (κ1) is 20.5. The zero-order chi connectivity index (χ0) is 22.2. The fourth-order valence-corrected chi connectivity index (χ4v) is 3.43. The average molecular weight is 433 g/mol. The maximum Gasteiger partial charge on any atom is 0.410 e. The van der Waals surface area contributed by atoms with Crippen LogP contribution in [0.1, 0.15) is 41.7 Å². The molecule has 2 atom stereocenters. The van der Waals surface area contributed by atoms with Crippen molar-refractivity contribution >= 4 is 29.0 Å². The van der Waals surface area contributed by atoms with Crippen molar-refractivity contribution in [3.63, 3.8) is 0 Å². The fourth-order valence-electron chi connectivity index (χ4n) is 3.43. The summed E-state index contributed by atoms with van der Waals surface area (Å²) in [5.74, 6) is -0.533. The standard InChI is InChI=1S/C20H18F3N5O3/c1-11(29)24-12-4-2-5-13(8-12)25-19(30)15-10-18-26-14(16-6-3-7-31-16)9-17(20(21,22)23)28(18)27-15/h2-8,10,14,17,26H,9H2,1H3,(H,24,29)(H,25,30)/t14-,17-/m0/s1. The van der Waals surface area contributed by atoms with E-state index in [2.05, 4.69) is 21.0 Å². The number of amides is 2. The highest BCUT2D eigenvalue weighted by atomic mass is 19.4. The van der Waals surface area contributed by atoms with E-state index in [1.807, 2.05) is 0 Å². The van der Waals surface area contributed by atoms with Crippen LogP contribution in [0.3, 0.4) is 0 Å². The number of nitrogens with zero attached hydrogens (tertiary/aromatic N) is 2. The van der Waals surface area contributed by atoms with Crippen LogP contribution < -0.4 is 16.0 Å². The van der Waals surface area contributed by atoms with Crippen LogP contribution in [0, 0.1) is 0 Å². The van der Waals surface area contributed by atoms with Gasteiger partial charge in [0.15, 0.2) is 11.7 Å². The smallest absolute Gasteiger partial charge is 0.410 e. The van der Waals surface area contributed by atoms with Crippen molar-refractivity contribution in [1.82, 2.24) is 9.78 Å². The van der Waals surface area contributed by atoms with Gasteiger partial charge in [-0.05, 0) is 30.3 Å². The van der Waals surface area contributed by atoms with Crippen molar-refractivity contribution in [1.29, 1.82) is 0 Å². The van der Waals surface area contributed by atoms with Crippen LogP contribution in [0.5, 0.6) is 0 Å². The van der Waals surface area contributed by atoms with Crippen molar-refractivity contribution < 1.29 is 27.2 Å². The number of carbonyl (C=O) groups excluding carboxylic acids is 2. The van der Waals surface area contributed by atoms with Crippen LogP contribution >= 0.6 is 0 Å². The SMILES string of the molecule is CC(=O)Nc1cccc(NC(=O)c2cc3n(n2)[C@H](C(F)(F)F)C[C@@H](c2ccco2)N3)c1. The van der Waals surface area contributed by atoms with Gasteiger partial charge in [0.25, 0.3) is 5.91 Å². The summed E-state index contributed by atoms with van der Waals surface area (Å²) < 4.78 is 47.1. The van der Waals surface area contributed by atoms with E-state index in [1.54, 1.807) is 30.3 Å². The highest BCUT2D eigenvalue weighted by Gasteiger charge is 2.47. The fraction of sp³-hybridized carbons (Fsp3) is 0.250. The zero-order valence-electron chi connectivity index (χ0n) is 16.2. The van der Waals surface area contributed by atoms with Gasteiger partial charge >= 0.3 is 6.18 Å². The van der Waals surface area contributed by atoms with Crippen molar-refractivity contribution in [3.05, 3.63) is 60.2 Å². The molecule has 31 heavy (non-hydrogen) atoms. The lowest BCUT2D eigenvalue weighted by atomic mass is 10.0. The third-order valence-corrected chi connectivity index (χ3v) is 4.75. The highest BCUT2D eigenvalue weighted by molar-refractivity contribution is 6.03. The van der Waals surface area contributed by atoms with Crippen molar-refractivity contribution in [3.8, 4) is 0 Å². The largest absolute Gasteiger partial charge is 0.467 e. The molecule has 0 bridgehead atoms. The number of fused-ring (bicyclic) bond motifs is 1. The number of furan rings is 1. The van der Waals surface area contributed by atoms with Crippen LogP contribution in [0.25, 0.3) is 0 Å². The molecular formula is C20H18F3N5O3. The average Bonchev–Trinajstić information content (AvgIpc) is 3.36. The second kappa shape index (κ2) is 7.82. The Kier molecular flexibility index (Phi) is 5.17. The Labute approximate surface area is 174 Å². The highest BCUT2D eigenvalue weighted by Crippen LogP contribution is 2.43. The van der Waals surface area contributed by atoms with E-state index in [4.69, 9.17) is 4.42 Å².